The highest BCUT2D eigenvalue weighted by Crippen LogP contribution is 2.48. The van der Waals surface area contributed by atoms with Crippen molar-refractivity contribution in [3.63, 3.8) is 0 Å². The molecule has 1 amide bonds. The van der Waals surface area contributed by atoms with Crippen LogP contribution in [0.3, 0.4) is 0 Å². The number of nitrogens with zero attached hydrogens (tertiary/aromatic N) is 2. The summed E-state index contributed by atoms with van der Waals surface area (Å²) < 4.78 is 10.9. The first-order chi connectivity index (χ1) is 12.5. The number of pyridine rings is 1. The predicted octanol–water partition coefficient (Wildman–Crippen LogP) is 3.25. The van der Waals surface area contributed by atoms with Crippen molar-refractivity contribution in [1.29, 1.82) is 0 Å². The Morgan fingerprint density at radius 2 is 2.15 bits per heavy atom. The maximum absolute atomic E-state index is 12.1. The van der Waals surface area contributed by atoms with Gasteiger partial charge >= 0.3 is 5.97 Å². The third-order valence-corrected chi connectivity index (χ3v) is 4.24. The number of ether oxygens (including phenoxy) is 1. The first kappa shape index (κ1) is 16.1. The van der Waals surface area contributed by atoms with Gasteiger partial charge in [0.2, 0.25) is 17.4 Å². The Morgan fingerprint density at radius 3 is 2.88 bits per heavy atom. The van der Waals surface area contributed by atoms with E-state index in [-0.39, 0.29) is 29.1 Å². The van der Waals surface area contributed by atoms with Gasteiger partial charge in [-0.15, -0.1) is 0 Å². The third-order valence-electron chi connectivity index (χ3n) is 4.24. The molecule has 1 aliphatic heterocycles. The smallest absolute Gasteiger partial charge is 0.308 e. The molecule has 26 heavy (non-hydrogen) atoms. The van der Waals surface area contributed by atoms with Crippen LogP contribution in [0, 0.1) is 0 Å². The molecule has 7 heteroatoms. The van der Waals surface area contributed by atoms with Gasteiger partial charge in [0, 0.05) is 37.0 Å². The first-order valence-corrected chi connectivity index (χ1v) is 8.24. The maximum Gasteiger partial charge on any atom is 0.308 e. The highest BCUT2D eigenvalue weighted by Gasteiger charge is 2.33. The lowest BCUT2D eigenvalue weighted by atomic mass is 10.1. The number of hydrogen-bond acceptors (Lipinski definition) is 6. The van der Waals surface area contributed by atoms with Gasteiger partial charge in [0.1, 0.15) is 0 Å². The van der Waals surface area contributed by atoms with E-state index in [1.54, 1.807) is 6.20 Å². The predicted molar refractivity (Wildman–Crippen MR) is 94.0 cm³/mol. The molecular weight excluding hydrogens is 336 g/mol. The molecule has 0 radical (unpaired) electrons. The molecule has 0 saturated carbocycles. The first-order valence-electron chi connectivity index (χ1n) is 8.24. The highest BCUT2D eigenvalue weighted by atomic mass is 16.6. The Kier molecular flexibility index (Phi) is 3.84. The molecule has 0 bridgehead atoms. The fourth-order valence-corrected chi connectivity index (χ4v) is 3.06. The molecule has 0 atom stereocenters. The number of amides is 1. The molecule has 1 saturated heterocycles. The van der Waals surface area contributed by atoms with Gasteiger partial charge < -0.3 is 14.3 Å². The molecule has 1 fully saturated rings. The summed E-state index contributed by atoms with van der Waals surface area (Å²) in [4.78, 5) is 29.3. The van der Waals surface area contributed by atoms with Crippen LogP contribution in [0.1, 0.15) is 19.8 Å². The van der Waals surface area contributed by atoms with Gasteiger partial charge in [-0.2, -0.15) is 0 Å². The van der Waals surface area contributed by atoms with Gasteiger partial charge in [0.25, 0.3) is 5.88 Å². The van der Waals surface area contributed by atoms with E-state index >= 15 is 0 Å². The molecule has 1 aromatic carbocycles. The lowest BCUT2D eigenvalue weighted by Crippen LogP contribution is -2.24. The second-order valence-electron chi connectivity index (χ2n) is 6.07. The number of anilines is 1. The fraction of sp³-hybridized carbons (Fsp3) is 0.211. The van der Waals surface area contributed by atoms with Crippen molar-refractivity contribution >= 4 is 28.7 Å². The third kappa shape index (κ3) is 2.67. The van der Waals surface area contributed by atoms with E-state index in [4.69, 9.17) is 9.15 Å². The van der Waals surface area contributed by atoms with Gasteiger partial charge in [0.15, 0.2) is 5.76 Å². The van der Waals surface area contributed by atoms with Crippen LogP contribution in [-0.2, 0) is 9.59 Å². The molecule has 7 nitrogen and oxygen atoms in total. The molecule has 1 aliphatic rings. The van der Waals surface area contributed by atoms with Crippen molar-refractivity contribution in [2.75, 3.05) is 11.4 Å². The summed E-state index contributed by atoms with van der Waals surface area (Å²) in [5.74, 6) is -1.08. The molecule has 1 N–H and O–H groups in total. The van der Waals surface area contributed by atoms with Crippen molar-refractivity contribution in [2.24, 2.45) is 0 Å². The number of carbonyl (C=O) groups is 2. The Hall–Kier alpha value is -3.35. The molecule has 132 valence electrons. The Balaban J connectivity index is 1.86. The average Bonchev–Trinajstić information content (AvgIpc) is 3.18. The topological polar surface area (TPSA) is 92.9 Å². The SMILES string of the molecule is CC(=O)Oc1c(N2CCCC2=O)oc(-c2cnc3ccccc3c2)c1O. The monoisotopic (exact) mass is 352 g/mol. The molecule has 2 aromatic heterocycles. The number of hydrogen-bond donors (Lipinski definition) is 1. The van der Waals surface area contributed by atoms with Crippen LogP contribution in [-0.4, -0.2) is 28.5 Å². The van der Waals surface area contributed by atoms with E-state index in [1.807, 2.05) is 30.3 Å². The van der Waals surface area contributed by atoms with E-state index < -0.39 is 5.97 Å². The molecular formula is C19H16N2O5. The zero-order valence-corrected chi connectivity index (χ0v) is 14.1. The summed E-state index contributed by atoms with van der Waals surface area (Å²) >= 11 is 0. The standard InChI is InChI=1S/C19H16N2O5/c1-11(22)25-18-16(24)17(26-19(18)21-8-4-7-15(21)23)13-9-12-5-2-3-6-14(12)20-10-13/h2-3,5-6,9-10,24H,4,7-8H2,1H3. The summed E-state index contributed by atoms with van der Waals surface area (Å²) in [5.41, 5.74) is 1.32. The van der Waals surface area contributed by atoms with Gasteiger partial charge in [0.05, 0.1) is 5.52 Å². The number of rotatable bonds is 3. The molecule has 3 heterocycles. The van der Waals surface area contributed by atoms with Gasteiger partial charge in [-0.3, -0.25) is 19.5 Å². The zero-order chi connectivity index (χ0) is 18.3. The van der Waals surface area contributed by atoms with Crippen LogP contribution < -0.4 is 9.64 Å². The van der Waals surface area contributed by atoms with Crippen LogP contribution in [0.25, 0.3) is 22.2 Å². The number of para-hydroxylation sites is 1. The van der Waals surface area contributed by atoms with Crippen LogP contribution in [0.4, 0.5) is 5.88 Å². The van der Waals surface area contributed by atoms with Crippen molar-refractivity contribution in [3.8, 4) is 22.8 Å². The number of aromatic nitrogens is 1. The maximum atomic E-state index is 12.1. The highest BCUT2D eigenvalue weighted by molar-refractivity contribution is 5.97. The second kappa shape index (κ2) is 6.18. The summed E-state index contributed by atoms with van der Waals surface area (Å²) in [6.07, 6.45) is 2.62. The lowest BCUT2D eigenvalue weighted by molar-refractivity contribution is -0.132. The molecule has 3 aromatic rings. The summed E-state index contributed by atoms with van der Waals surface area (Å²) in [5, 5.41) is 11.5. The van der Waals surface area contributed by atoms with Crippen molar-refractivity contribution < 1.29 is 23.8 Å². The molecule has 0 aliphatic carbocycles. The fourth-order valence-electron chi connectivity index (χ4n) is 3.06. The average molecular weight is 352 g/mol. The number of esters is 1. The second-order valence-corrected chi connectivity index (χ2v) is 6.07. The minimum atomic E-state index is -0.614. The number of fused-ring (bicyclic) bond motifs is 1. The van der Waals surface area contributed by atoms with Crippen LogP contribution in [0.2, 0.25) is 0 Å². The van der Waals surface area contributed by atoms with E-state index in [0.29, 0.717) is 24.9 Å². The molecule has 0 spiro atoms. The number of aromatic hydroxyl groups is 1. The summed E-state index contributed by atoms with van der Waals surface area (Å²) in [7, 11) is 0. The number of benzene rings is 1. The van der Waals surface area contributed by atoms with Gasteiger partial charge in [-0.1, -0.05) is 18.2 Å². The normalized spacial score (nSPS) is 14.2. The Morgan fingerprint density at radius 1 is 1.35 bits per heavy atom. The quantitative estimate of drug-likeness (QED) is 0.727. The Bertz CT molecular complexity index is 1020. The number of furan rings is 1. The van der Waals surface area contributed by atoms with E-state index in [9.17, 15) is 14.7 Å². The van der Waals surface area contributed by atoms with Gasteiger partial charge in [-0.05, 0) is 18.6 Å². The number of carbonyl (C=O) groups excluding carboxylic acids is 2. The van der Waals surface area contributed by atoms with Crippen LogP contribution in [0.5, 0.6) is 11.5 Å². The summed E-state index contributed by atoms with van der Waals surface area (Å²) in [6, 6.07) is 9.35. The molecule has 4 rings (SSSR count). The van der Waals surface area contributed by atoms with Gasteiger partial charge in [-0.25, -0.2) is 0 Å². The van der Waals surface area contributed by atoms with E-state index in [0.717, 1.165) is 10.9 Å². The zero-order valence-electron chi connectivity index (χ0n) is 14.1. The van der Waals surface area contributed by atoms with Crippen LogP contribution in [0.15, 0.2) is 40.9 Å². The van der Waals surface area contributed by atoms with Crippen molar-refractivity contribution in [1.82, 2.24) is 4.98 Å². The minimum Gasteiger partial charge on any atom is -0.502 e. The Labute approximate surface area is 148 Å². The summed E-state index contributed by atoms with van der Waals surface area (Å²) in [6.45, 7) is 1.66. The lowest BCUT2D eigenvalue weighted by Gasteiger charge is -2.13. The molecule has 0 unspecified atom stereocenters. The minimum absolute atomic E-state index is 0.0448. The van der Waals surface area contributed by atoms with Crippen molar-refractivity contribution in [2.45, 2.75) is 19.8 Å². The van der Waals surface area contributed by atoms with Crippen molar-refractivity contribution in [3.05, 3.63) is 36.5 Å². The van der Waals surface area contributed by atoms with E-state index in [1.165, 1.54) is 11.8 Å². The largest absolute Gasteiger partial charge is 0.502 e. The van der Waals surface area contributed by atoms with Crippen LogP contribution >= 0.6 is 0 Å². The van der Waals surface area contributed by atoms with E-state index in [2.05, 4.69) is 4.98 Å².